The summed E-state index contributed by atoms with van der Waals surface area (Å²) in [6.45, 7) is 0.591. The summed E-state index contributed by atoms with van der Waals surface area (Å²) in [5.74, 6) is -1.80. The van der Waals surface area contributed by atoms with Crippen molar-refractivity contribution in [1.82, 2.24) is 5.32 Å². The summed E-state index contributed by atoms with van der Waals surface area (Å²) in [5, 5.41) is 18.8. The molecule has 11 heavy (non-hydrogen) atoms. The second kappa shape index (κ2) is 5.21. The molecular weight excluding hydrogens is 144 g/mol. The molecule has 0 aliphatic carbocycles. The van der Waals surface area contributed by atoms with Gasteiger partial charge in [-0.25, -0.2) is 0 Å². The maximum atomic E-state index is 10.8. The van der Waals surface area contributed by atoms with Crippen molar-refractivity contribution >= 4 is 5.91 Å². The minimum Gasteiger partial charge on any atom is -0.353 e. The van der Waals surface area contributed by atoms with Gasteiger partial charge in [-0.05, 0) is 0 Å². The third-order valence-corrected chi connectivity index (χ3v) is 0.964. The first-order chi connectivity index (χ1) is 5.26. The predicted molar refractivity (Wildman–Crippen MR) is 36.8 cm³/mol. The zero-order chi connectivity index (χ0) is 8.69. The number of hydrogen-bond donors (Lipinski definition) is 2. The van der Waals surface area contributed by atoms with E-state index in [0.29, 0.717) is 13.1 Å². The number of carbonyl (C=O) groups is 1. The topological polar surface area (TPSA) is 103 Å². The van der Waals surface area contributed by atoms with Gasteiger partial charge in [0.25, 0.3) is 5.91 Å². The van der Waals surface area contributed by atoms with Crippen LogP contribution in [0.15, 0.2) is 0 Å². The van der Waals surface area contributed by atoms with Gasteiger partial charge in [-0.15, -0.1) is 0 Å². The highest BCUT2D eigenvalue weighted by atomic mass is 16.1. The highest BCUT2D eigenvalue weighted by Crippen LogP contribution is 1.89. The Morgan fingerprint density at radius 2 is 2.09 bits per heavy atom. The van der Waals surface area contributed by atoms with Crippen LogP contribution in [-0.2, 0) is 4.79 Å². The van der Waals surface area contributed by atoms with Crippen LogP contribution in [-0.4, -0.2) is 19.0 Å². The van der Waals surface area contributed by atoms with E-state index < -0.39 is 11.8 Å². The number of carbonyl (C=O) groups excluding carboxylic acids is 1. The van der Waals surface area contributed by atoms with Crippen molar-refractivity contribution in [3.63, 3.8) is 0 Å². The lowest BCUT2D eigenvalue weighted by atomic mass is 10.2. The van der Waals surface area contributed by atoms with Crippen LogP contribution >= 0.6 is 0 Å². The second-order valence-corrected chi connectivity index (χ2v) is 1.77. The molecule has 58 valence electrons. The lowest BCUT2D eigenvalue weighted by molar-refractivity contribution is -0.121. The Kier molecular flexibility index (Phi) is 4.46. The van der Waals surface area contributed by atoms with Crippen molar-refractivity contribution in [1.29, 1.82) is 10.5 Å². The first-order valence-electron chi connectivity index (χ1n) is 3.03. The van der Waals surface area contributed by atoms with Crippen LogP contribution in [0.2, 0.25) is 0 Å². The number of hydrogen-bond acceptors (Lipinski definition) is 4. The van der Waals surface area contributed by atoms with Crippen LogP contribution in [0.4, 0.5) is 0 Å². The highest BCUT2D eigenvalue weighted by molar-refractivity contribution is 5.83. The molecule has 0 bridgehead atoms. The minimum absolute atomic E-state index is 0.290. The van der Waals surface area contributed by atoms with Gasteiger partial charge in [0.1, 0.15) is 0 Å². The quantitative estimate of drug-likeness (QED) is 0.526. The van der Waals surface area contributed by atoms with E-state index in [0.717, 1.165) is 0 Å². The SMILES string of the molecule is N#CC(C#N)C(=O)NCCN. The van der Waals surface area contributed by atoms with E-state index in [-0.39, 0.29) is 0 Å². The van der Waals surface area contributed by atoms with Gasteiger partial charge in [-0.3, -0.25) is 4.79 Å². The van der Waals surface area contributed by atoms with Crippen LogP contribution in [0.25, 0.3) is 0 Å². The Labute approximate surface area is 64.4 Å². The minimum atomic E-state index is -1.22. The van der Waals surface area contributed by atoms with Crippen molar-refractivity contribution < 1.29 is 4.79 Å². The zero-order valence-corrected chi connectivity index (χ0v) is 5.87. The highest BCUT2D eigenvalue weighted by Gasteiger charge is 2.14. The molecule has 5 heteroatoms. The van der Waals surface area contributed by atoms with Gasteiger partial charge in [0, 0.05) is 13.1 Å². The second-order valence-electron chi connectivity index (χ2n) is 1.77. The van der Waals surface area contributed by atoms with Gasteiger partial charge in [-0.2, -0.15) is 10.5 Å². The molecule has 0 radical (unpaired) electrons. The molecule has 0 aliphatic rings. The molecule has 0 unspecified atom stereocenters. The van der Waals surface area contributed by atoms with E-state index in [2.05, 4.69) is 5.32 Å². The van der Waals surface area contributed by atoms with Crippen LogP contribution in [0, 0.1) is 28.6 Å². The first kappa shape index (κ1) is 9.41. The average Bonchev–Trinajstić information content (AvgIpc) is 2.03. The third-order valence-electron chi connectivity index (χ3n) is 0.964. The predicted octanol–water partition coefficient (Wildman–Crippen LogP) is -1.28. The van der Waals surface area contributed by atoms with E-state index in [4.69, 9.17) is 16.3 Å². The van der Waals surface area contributed by atoms with Crippen LogP contribution < -0.4 is 11.1 Å². The maximum absolute atomic E-state index is 10.8. The van der Waals surface area contributed by atoms with Crippen LogP contribution in [0.5, 0.6) is 0 Å². The fraction of sp³-hybridized carbons (Fsp3) is 0.500. The van der Waals surface area contributed by atoms with Crippen LogP contribution in [0.1, 0.15) is 0 Å². The molecule has 0 saturated heterocycles. The normalized spacial score (nSPS) is 8.36. The van der Waals surface area contributed by atoms with E-state index in [1.165, 1.54) is 0 Å². The Morgan fingerprint density at radius 3 is 2.45 bits per heavy atom. The van der Waals surface area contributed by atoms with Crippen molar-refractivity contribution in [2.24, 2.45) is 11.7 Å². The summed E-state index contributed by atoms with van der Waals surface area (Å²) >= 11 is 0. The van der Waals surface area contributed by atoms with E-state index in [1.807, 2.05) is 0 Å². The lowest BCUT2D eigenvalue weighted by Gasteiger charge is -2.00. The molecule has 0 saturated carbocycles. The molecule has 3 N–H and O–H groups in total. The van der Waals surface area contributed by atoms with Gasteiger partial charge in [0.15, 0.2) is 0 Å². The Hall–Kier alpha value is -1.59. The monoisotopic (exact) mass is 152 g/mol. The molecule has 0 aromatic heterocycles. The fourth-order valence-corrected chi connectivity index (χ4v) is 0.444. The molecule has 0 aromatic rings. The molecule has 1 amide bonds. The molecule has 0 heterocycles. The number of nitriles is 2. The van der Waals surface area contributed by atoms with Crippen LogP contribution in [0.3, 0.4) is 0 Å². The summed E-state index contributed by atoms with van der Waals surface area (Å²) in [6.07, 6.45) is 0. The molecule has 0 spiro atoms. The van der Waals surface area contributed by atoms with Gasteiger partial charge in [-0.1, -0.05) is 0 Å². The summed E-state index contributed by atoms with van der Waals surface area (Å²) in [5.41, 5.74) is 5.08. The van der Waals surface area contributed by atoms with E-state index in [1.54, 1.807) is 12.1 Å². The van der Waals surface area contributed by atoms with Crippen molar-refractivity contribution in [2.45, 2.75) is 0 Å². The van der Waals surface area contributed by atoms with Gasteiger partial charge in [0.2, 0.25) is 5.92 Å². The number of nitrogens with one attached hydrogen (secondary N) is 1. The third kappa shape index (κ3) is 3.19. The maximum Gasteiger partial charge on any atom is 0.251 e. The van der Waals surface area contributed by atoms with Gasteiger partial charge in [0.05, 0.1) is 12.1 Å². The number of nitrogens with two attached hydrogens (primary N) is 1. The van der Waals surface area contributed by atoms with E-state index >= 15 is 0 Å². The summed E-state index contributed by atoms with van der Waals surface area (Å²) in [4.78, 5) is 10.8. The lowest BCUT2D eigenvalue weighted by Crippen LogP contribution is -2.33. The van der Waals surface area contributed by atoms with Gasteiger partial charge >= 0.3 is 0 Å². The Balaban J connectivity index is 3.85. The summed E-state index contributed by atoms with van der Waals surface area (Å²) in [7, 11) is 0. The largest absolute Gasteiger partial charge is 0.353 e. The van der Waals surface area contributed by atoms with Gasteiger partial charge < -0.3 is 11.1 Å². The summed E-state index contributed by atoms with van der Waals surface area (Å²) < 4.78 is 0. The standard InChI is InChI=1S/C6H8N4O/c7-1-2-10-6(11)5(3-8)4-9/h5H,1-2,7H2,(H,10,11). The summed E-state index contributed by atoms with van der Waals surface area (Å²) in [6, 6.07) is 3.09. The molecule has 0 aliphatic heterocycles. The zero-order valence-electron chi connectivity index (χ0n) is 5.87. The molecule has 0 atom stereocenters. The number of nitrogens with zero attached hydrogens (tertiary/aromatic N) is 2. The number of amides is 1. The smallest absolute Gasteiger partial charge is 0.251 e. The molecule has 5 nitrogen and oxygen atoms in total. The molecule has 0 rings (SSSR count). The average molecular weight is 152 g/mol. The molecule has 0 aromatic carbocycles. The fourth-order valence-electron chi connectivity index (χ4n) is 0.444. The first-order valence-corrected chi connectivity index (χ1v) is 3.03. The molecular formula is C6H8N4O. The Morgan fingerprint density at radius 1 is 1.55 bits per heavy atom. The Bertz CT molecular complexity index is 198. The van der Waals surface area contributed by atoms with E-state index in [9.17, 15) is 4.79 Å². The molecule has 0 fully saturated rings. The van der Waals surface area contributed by atoms with Crippen molar-refractivity contribution in [3.8, 4) is 12.1 Å². The van der Waals surface area contributed by atoms with Crippen molar-refractivity contribution in [2.75, 3.05) is 13.1 Å². The van der Waals surface area contributed by atoms with Crippen molar-refractivity contribution in [3.05, 3.63) is 0 Å². The number of rotatable bonds is 3.